The van der Waals surface area contributed by atoms with Gasteiger partial charge in [0.25, 0.3) is 5.91 Å². The Hall–Kier alpha value is -4.65. The summed E-state index contributed by atoms with van der Waals surface area (Å²) >= 11 is 0. The number of rotatable bonds is 10. The first-order valence-electron chi connectivity index (χ1n) is 12.1. The molecule has 0 saturated heterocycles. The smallest absolute Gasteiger partial charge is 0.343 e. The fraction of sp³-hybridized carbons (Fsp3) is 0.167. The van der Waals surface area contributed by atoms with Gasteiger partial charge >= 0.3 is 5.97 Å². The Morgan fingerprint density at radius 1 is 0.892 bits per heavy atom. The van der Waals surface area contributed by atoms with Crippen molar-refractivity contribution in [3.05, 3.63) is 102 Å². The van der Waals surface area contributed by atoms with Crippen LogP contribution >= 0.6 is 0 Å². The maximum atomic E-state index is 12.4. The zero-order valence-corrected chi connectivity index (χ0v) is 20.7. The molecule has 1 atom stereocenters. The molecule has 188 valence electrons. The van der Waals surface area contributed by atoms with Crippen molar-refractivity contribution in [2.75, 3.05) is 6.61 Å². The second-order valence-electron chi connectivity index (χ2n) is 8.30. The molecule has 0 aliphatic rings. The van der Waals surface area contributed by atoms with Gasteiger partial charge in [-0.1, -0.05) is 43.3 Å². The van der Waals surface area contributed by atoms with E-state index in [1.54, 1.807) is 55.5 Å². The van der Waals surface area contributed by atoms with Crippen LogP contribution in [0.4, 0.5) is 0 Å². The highest BCUT2D eigenvalue weighted by Gasteiger charge is 2.15. The van der Waals surface area contributed by atoms with Gasteiger partial charge in [0.05, 0.1) is 18.4 Å². The molecule has 0 fully saturated rings. The second-order valence-corrected chi connectivity index (χ2v) is 8.30. The lowest BCUT2D eigenvalue weighted by Gasteiger charge is -2.14. The summed E-state index contributed by atoms with van der Waals surface area (Å²) in [6, 6.07) is 27.1. The SMILES string of the molecule is CCCOc1ccc(C(=O)Oc2ccc(/C=N\NC(=O)[C@@H](C)Oc3cccc4ccccc34)cc2)cc1. The van der Waals surface area contributed by atoms with E-state index in [2.05, 4.69) is 10.5 Å². The lowest BCUT2D eigenvalue weighted by molar-refractivity contribution is -0.127. The standard InChI is InChI=1S/C30H28N2O5/c1-3-19-35-25-17-13-24(14-18-25)30(34)37-26-15-11-22(12-16-26)20-31-32-29(33)21(2)36-28-10-6-8-23-7-4-5-9-27(23)28/h4-18,20-21H,3,19H2,1-2H3,(H,32,33)/b31-20-/t21-/m1/s1. The van der Waals surface area contributed by atoms with E-state index in [-0.39, 0.29) is 5.91 Å². The summed E-state index contributed by atoms with van der Waals surface area (Å²) in [5.41, 5.74) is 3.64. The second kappa shape index (κ2) is 12.4. The third kappa shape index (κ3) is 6.95. The van der Waals surface area contributed by atoms with Crippen molar-refractivity contribution in [3.63, 3.8) is 0 Å². The number of benzene rings is 4. The maximum absolute atomic E-state index is 12.4. The van der Waals surface area contributed by atoms with Crippen LogP contribution in [-0.2, 0) is 4.79 Å². The molecule has 0 heterocycles. The van der Waals surface area contributed by atoms with Crippen LogP contribution < -0.4 is 19.6 Å². The van der Waals surface area contributed by atoms with Crippen LogP contribution in [0.1, 0.15) is 36.2 Å². The lowest BCUT2D eigenvalue weighted by atomic mass is 10.1. The molecule has 0 aliphatic carbocycles. The molecule has 4 rings (SSSR count). The zero-order valence-electron chi connectivity index (χ0n) is 20.7. The number of nitrogens with zero attached hydrogens (tertiary/aromatic N) is 1. The molecule has 0 radical (unpaired) electrons. The molecule has 1 amide bonds. The van der Waals surface area contributed by atoms with E-state index >= 15 is 0 Å². The van der Waals surface area contributed by atoms with Crippen molar-refractivity contribution in [2.24, 2.45) is 5.10 Å². The van der Waals surface area contributed by atoms with E-state index in [0.29, 0.717) is 29.4 Å². The first-order valence-corrected chi connectivity index (χ1v) is 12.1. The minimum Gasteiger partial charge on any atom is -0.494 e. The van der Waals surface area contributed by atoms with E-state index in [4.69, 9.17) is 14.2 Å². The van der Waals surface area contributed by atoms with Gasteiger partial charge < -0.3 is 14.2 Å². The molecular formula is C30H28N2O5. The molecule has 7 nitrogen and oxygen atoms in total. The summed E-state index contributed by atoms with van der Waals surface area (Å²) in [5.74, 6) is 0.908. The van der Waals surface area contributed by atoms with Crippen LogP contribution in [0.3, 0.4) is 0 Å². The third-order valence-corrected chi connectivity index (χ3v) is 5.46. The van der Waals surface area contributed by atoms with Crippen LogP contribution in [0.2, 0.25) is 0 Å². The van der Waals surface area contributed by atoms with Crippen LogP contribution in [0.15, 0.2) is 96.1 Å². The minimum absolute atomic E-state index is 0.374. The van der Waals surface area contributed by atoms with Gasteiger partial charge in [0.1, 0.15) is 17.2 Å². The molecule has 0 bridgehead atoms. The summed E-state index contributed by atoms with van der Waals surface area (Å²) < 4.78 is 16.8. The van der Waals surface area contributed by atoms with E-state index in [9.17, 15) is 9.59 Å². The van der Waals surface area contributed by atoms with Crippen LogP contribution in [0.25, 0.3) is 10.8 Å². The number of esters is 1. The predicted octanol–water partition coefficient (Wildman–Crippen LogP) is 5.77. The number of nitrogens with one attached hydrogen (secondary N) is 1. The minimum atomic E-state index is -0.739. The highest BCUT2D eigenvalue weighted by atomic mass is 16.5. The van der Waals surface area contributed by atoms with Crippen LogP contribution in [0.5, 0.6) is 17.2 Å². The van der Waals surface area contributed by atoms with Gasteiger partial charge in [0.15, 0.2) is 6.10 Å². The number of hydrogen-bond acceptors (Lipinski definition) is 6. The van der Waals surface area contributed by atoms with Gasteiger partial charge in [0.2, 0.25) is 0 Å². The van der Waals surface area contributed by atoms with Gasteiger partial charge in [-0.05, 0) is 78.9 Å². The zero-order chi connectivity index (χ0) is 26.0. The fourth-order valence-electron chi connectivity index (χ4n) is 3.50. The molecule has 4 aromatic carbocycles. The quantitative estimate of drug-likeness (QED) is 0.130. The Kier molecular flexibility index (Phi) is 8.49. The van der Waals surface area contributed by atoms with Gasteiger partial charge in [-0.2, -0.15) is 5.10 Å². The highest BCUT2D eigenvalue weighted by molar-refractivity contribution is 5.91. The highest BCUT2D eigenvalue weighted by Crippen LogP contribution is 2.26. The average molecular weight is 497 g/mol. The Labute approximate surface area is 215 Å². The molecule has 4 aromatic rings. The third-order valence-electron chi connectivity index (χ3n) is 5.46. The molecule has 0 saturated carbocycles. The molecule has 0 aromatic heterocycles. The number of hydrogen-bond donors (Lipinski definition) is 1. The molecule has 0 aliphatic heterocycles. The summed E-state index contributed by atoms with van der Waals surface area (Å²) in [6.45, 7) is 4.32. The monoisotopic (exact) mass is 496 g/mol. The fourth-order valence-corrected chi connectivity index (χ4v) is 3.50. The largest absolute Gasteiger partial charge is 0.494 e. The van der Waals surface area contributed by atoms with Crippen LogP contribution in [-0.4, -0.2) is 30.8 Å². The summed E-state index contributed by atoms with van der Waals surface area (Å²) in [4.78, 5) is 24.8. The van der Waals surface area contributed by atoms with Crippen LogP contribution in [0, 0.1) is 0 Å². The van der Waals surface area contributed by atoms with E-state index in [1.165, 1.54) is 6.21 Å². The van der Waals surface area contributed by atoms with E-state index < -0.39 is 12.1 Å². The van der Waals surface area contributed by atoms with Crippen molar-refractivity contribution in [1.82, 2.24) is 5.43 Å². The number of ether oxygens (including phenoxy) is 3. The number of carbonyl (C=O) groups is 2. The topological polar surface area (TPSA) is 86.2 Å². The van der Waals surface area contributed by atoms with Crippen molar-refractivity contribution in [2.45, 2.75) is 26.4 Å². The van der Waals surface area contributed by atoms with Gasteiger partial charge in [-0.25, -0.2) is 10.2 Å². The van der Waals surface area contributed by atoms with Crippen molar-refractivity contribution < 1.29 is 23.8 Å². The number of carbonyl (C=O) groups excluding carboxylic acids is 2. The normalized spacial score (nSPS) is 11.7. The van der Waals surface area contributed by atoms with E-state index in [0.717, 1.165) is 22.8 Å². The Bertz CT molecular complexity index is 1380. The Balaban J connectivity index is 1.27. The number of hydrazone groups is 1. The predicted molar refractivity (Wildman–Crippen MR) is 143 cm³/mol. The van der Waals surface area contributed by atoms with Crippen molar-refractivity contribution in [1.29, 1.82) is 0 Å². The lowest BCUT2D eigenvalue weighted by Crippen LogP contribution is -2.33. The van der Waals surface area contributed by atoms with Gasteiger partial charge in [-0.15, -0.1) is 0 Å². The number of fused-ring (bicyclic) bond motifs is 1. The van der Waals surface area contributed by atoms with Gasteiger partial charge in [0, 0.05) is 5.39 Å². The van der Waals surface area contributed by atoms with Gasteiger partial charge in [-0.3, -0.25) is 4.79 Å². The molecule has 0 spiro atoms. The van der Waals surface area contributed by atoms with E-state index in [1.807, 2.05) is 49.4 Å². The maximum Gasteiger partial charge on any atom is 0.343 e. The van der Waals surface area contributed by atoms with Crippen molar-refractivity contribution in [3.8, 4) is 17.2 Å². The number of amides is 1. The Morgan fingerprint density at radius 2 is 1.59 bits per heavy atom. The molecule has 1 N–H and O–H groups in total. The summed E-state index contributed by atoms with van der Waals surface area (Å²) in [6.07, 6.45) is 1.68. The Morgan fingerprint density at radius 3 is 2.35 bits per heavy atom. The molecule has 7 heteroatoms. The molecule has 0 unspecified atom stereocenters. The average Bonchev–Trinajstić information content (AvgIpc) is 2.93. The summed E-state index contributed by atoms with van der Waals surface area (Å²) in [5, 5.41) is 5.98. The molecule has 37 heavy (non-hydrogen) atoms. The van der Waals surface area contributed by atoms with Crippen molar-refractivity contribution >= 4 is 28.9 Å². The summed E-state index contributed by atoms with van der Waals surface area (Å²) in [7, 11) is 0. The first-order chi connectivity index (χ1) is 18.0. The first kappa shape index (κ1) is 25.4. The molecular weight excluding hydrogens is 468 g/mol.